The molecule has 2 rings (SSSR count). The Morgan fingerprint density at radius 2 is 2.40 bits per heavy atom. The van der Waals surface area contributed by atoms with E-state index in [1.54, 1.807) is 6.26 Å². The smallest absolute Gasteiger partial charge is 0.134 e. The molecule has 0 aliphatic carbocycles. The van der Waals surface area contributed by atoms with Crippen molar-refractivity contribution in [3.63, 3.8) is 0 Å². The van der Waals surface area contributed by atoms with Crippen molar-refractivity contribution in [2.24, 2.45) is 0 Å². The van der Waals surface area contributed by atoms with E-state index in [0.29, 0.717) is 0 Å². The van der Waals surface area contributed by atoms with Crippen LogP contribution in [0.4, 0.5) is 0 Å². The van der Waals surface area contributed by atoms with Crippen LogP contribution < -0.4 is 0 Å². The maximum Gasteiger partial charge on any atom is 0.134 e. The lowest BCUT2D eigenvalue weighted by atomic mass is 10.2. The average molecular weight is 131 g/mol. The molecule has 0 fully saturated rings. The van der Waals surface area contributed by atoms with Gasteiger partial charge in [0.1, 0.15) is 5.58 Å². The summed E-state index contributed by atoms with van der Waals surface area (Å²) in [6, 6.07) is 8.86. The van der Waals surface area contributed by atoms with Gasteiger partial charge in [0.2, 0.25) is 0 Å². The van der Waals surface area contributed by atoms with Crippen LogP contribution in [0, 0.1) is 13.0 Å². The highest BCUT2D eigenvalue weighted by Crippen LogP contribution is 2.18. The molecule has 0 atom stereocenters. The Kier molecular flexibility index (Phi) is 1.04. The van der Waals surface area contributed by atoms with Crippen LogP contribution in [0.3, 0.4) is 0 Å². The van der Waals surface area contributed by atoms with E-state index in [2.05, 4.69) is 6.07 Å². The van der Waals surface area contributed by atoms with E-state index in [-0.39, 0.29) is 0 Å². The molecular formula is C9H7O. The van der Waals surface area contributed by atoms with Crippen LogP contribution >= 0.6 is 0 Å². The maximum atomic E-state index is 5.22. The van der Waals surface area contributed by atoms with Crippen molar-refractivity contribution >= 4 is 11.0 Å². The summed E-state index contributed by atoms with van der Waals surface area (Å²) in [7, 11) is 0. The van der Waals surface area contributed by atoms with Gasteiger partial charge in [-0.15, -0.1) is 0 Å². The molecule has 0 amide bonds. The number of rotatable bonds is 0. The molecule has 0 N–H and O–H groups in total. The van der Waals surface area contributed by atoms with E-state index >= 15 is 0 Å². The molecule has 10 heavy (non-hydrogen) atoms. The van der Waals surface area contributed by atoms with Crippen LogP contribution in [0.15, 0.2) is 28.9 Å². The summed E-state index contributed by atoms with van der Waals surface area (Å²) in [6.07, 6.45) is 1.75. The zero-order valence-corrected chi connectivity index (χ0v) is 5.72. The molecule has 0 bridgehead atoms. The molecule has 0 aliphatic heterocycles. The first-order chi connectivity index (χ1) is 4.88. The molecule has 49 valence electrons. The third-order valence-electron chi connectivity index (χ3n) is 1.57. The molecule has 2 aromatic rings. The zero-order chi connectivity index (χ0) is 6.97. The van der Waals surface area contributed by atoms with E-state index in [9.17, 15) is 0 Å². The molecule has 1 heterocycles. The number of aryl methyl sites for hydroxylation is 1. The van der Waals surface area contributed by atoms with Crippen LogP contribution in [0.5, 0.6) is 0 Å². The summed E-state index contributed by atoms with van der Waals surface area (Å²) in [5, 5.41) is 1.09. The highest BCUT2D eigenvalue weighted by atomic mass is 16.3. The summed E-state index contributed by atoms with van der Waals surface area (Å²) in [6.45, 7) is 2.02. The normalized spacial score (nSPS) is 10.5. The molecule has 1 nitrogen and oxygen atoms in total. The first kappa shape index (κ1) is 5.54. The Balaban J connectivity index is 2.93. The van der Waals surface area contributed by atoms with Gasteiger partial charge in [-0.2, -0.15) is 0 Å². The summed E-state index contributed by atoms with van der Waals surface area (Å²) >= 11 is 0. The highest BCUT2D eigenvalue weighted by molar-refractivity contribution is 5.79. The fraction of sp³-hybridized carbons (Fsp3) is 0.111. The van der Waals surface area contributed by atoms with Crippen LogP contribution in [-0.4, -0.2) is 0 Å². The second-order valence-electron chi connectivity index (χ2n) is 2.33. The van der Waals surface area contributed by atoms with Crippen LogP contribution in [-0.2, 0) is 0 Å². The molecule has 1 heteroatoms. The molecule has 1 radical (unpaired) electrons. The largest absolute Gasteiger partial charge is 0.464 e. The number of hydrogen-bond donors (Lipinski definition) is 0. The van der Waals surface area contributed by atoms with E-state index in [1.807, 2.05) is 25.1 Å². The van der Waals surface area contributed by atoms with Crippen LogP contribution in [0.2, 0.25) is 0 Å². The summed E-state index contributed by atoms with van der Waals surface area (Å²) in [5.41, 5.74) is 2.07. The van der Waals surface area contributed by atoms with Gasteiger partial charge in [0, 0.05) is 5.39 Å². The predicted octanol–water partition coefficient (Wildman–Crippen LogP) is 2.54. The minimum Gasteiger partial charge on any atom is -0.464 e. The Morgan fingerprint density at radius 3 is 3.20 bits per heavy atom. The fourth-order valence-electron chi connectivity index (χ4n) is 1.04. The topological polar surface area (TPSA) is 13.1 Å². The van der Waals surface area contributed by atoms with E-state index < -0.39 is 0 Å². The van der Waals surface area contributed by atoms with Gasteiger partial charge in [-0.05, 0) is 24.6 Å². The zero-order valence-electron chi connectivity index (χ0n) is 5.72. The molecule has 0 spiro atoms. The molecule has 1 aromatic carbocycles. The van der Waals surface area contributed by atoms with Gasteiger partial charge < -0.3 is 4.42 Å². The fourth-order valence-corrected chi connectivity index (χ4v) is 1.04. The highest BCUT2D eigenvalue weighted by Gasteiger charge is 1.97. The van der Waals surface area contributed by atoms with Crippen molar-refractivity contribution < 1.29 is 4.42 Å². The first-order valence-corrected chi connectivity index (χ1v) is 3.22. The van der Waals surface area contributed by atoms with Crippen molar-refractivity contribution in [3.05, 3.63) is 36.1 Å². The minimum atomic E-state index is 0.917. The molecule has 0 unspecified atom stereocenters. The van der Waals surface area contributed by atoms with E-state index in [0.717, 1.165) is 16.5 Å². The van der Waals surface area contributed by atoms with Crippen molar-refractivity contribution in [1.29, 1.82) is 0 Å². The Hall–Kier alpha value is -1.24. The molecular weight excluding hydrogens is 124 g/mol. The molecule has 0 aliphatic rings. The monoisotopic (exact) mass is 131 g/mol. The van der Waals surface area contributed by atoms with Gasteiger partial charge in [-0.25, -0.2) is 0 Å². The molecule has 0 saturated carbocycles. The first-order valence-electron chi connectivity index (χ1n) is 3.22. The van der Waals surface area contributed by atoms with Gasteiger partial charge in [-0.1, -0.05) is 12.1 Å². The van der Waals surface area contributed by atoms with Gasteiger partial charge >= 0.3 is 0 Å². The minimum absolute atomic E-state index is 0.917. The van der Waals surface area contributed by atoms with Gasteiger partial charge in [0.05, 0.1) is 6.26 Å². The average Bonchev–Trinajstić information content (AvgIpc) is 2.34. The Bertz CT molecular complexity index is 346. The van der Waals surface area contributed by atoms with Crippen LogP contribution in [0.25, 0.3) is 11.0 Å². The second-order valence-corrected chi connectivity index (χ2v) is 2.33. The summed E-state index contributed by atoms with van der Waals surface area (Å²) < 4.78 is 5.22. The summed E-state index contributed by atoms with van der Waals surface area (Å²) in [5.74, 6) is 0. The Morgan fingerprint density at radius 1 is 1.50 bits per heavy atom. The van der Waals surface area contributed by atoms with Gasteiger partial charge in [0.15, 0.2) is 0 Å². The third kappa shape index (κ3) is 0.637. The lowest BCUT2D eigenvalue weighted by Gasteiger charge is -1.83. The standard InChI is InChI=1S/C9H7O/c1-7-6-10-9-5-3-2-4-8(7)9/h2-3,5-6H,1H3. The van der Waals surface area contributed by atoms with Crippen molar-refractivity contribution in [2.45, 2.75) is 6.92 Å². The lowest BCUT2D eigenvalue weighted by Crippen LogP contribution is -1.64. The Labute approximate surface area is 59.3 Å². The van der Waals surface area contributed by atoms with Crippen molar-refractivity contribution in [1.82, 2.24) is 0 Å². The third-order valence-corrected chi connectivity index (χ3v) is 1.57. The second kappa shape index (κ2) is 1.87. The van der Waals surface area contributed by atoms with Crippen LogP contribution in [0.1, 0.15) is 5.56 Å². The quantitative estimate of drug-likeness (QED) is 0.535. The SMILES string of the molecule is Cc1coc2ccc[c]c12. The molecule has 1 aromatic heterocycles. The lowest BCUT2D eigenvalue weighted by molar-refractivity contribution is 0.613. The van der Waals surface area contributed by atoms with Crippen molar-refractivity contribution in [3.8, 4) is 0 Å². The number of benzene rings is 1. The van der Waals surface area contributed by atoms with Crippen molar-refractivity contribution in [2.75, 3.05) is 0 Å². The van der Waals surface area contributed by atoms with Gasteiger partial charge in [0.25, 0.3) is 0 Å². The maximum absolute atomic E-state index is 5.22. The van der Waals surface area contributed by atoms with E-state index in [1.165, 1.54) is 0 Å². The molecule has 0 saturated heterocycles. The number of fused-ring (bicyclic) bond motifs is 1. The predicted molar refractivity (Wildman–Crippen MR) is 39.8 cm³/mol. The number of furan rings is 1. The summed E-state index contributed by atoms with van der Waals surface area (Å²) in [4.78, 5) is 0. The van der Waals surface area contributed by atoms with Gasteiger partial charge in [-0.3, -0.25) is 0 Å². The van der Waals surface area contributed by atoms with E-state index in [4.69, 9.17) is 4.42 Å². The number of hydrogen-bond acceptors (Lipinski definition) is 1.